The number of rotatable bonds is 5. The molecule has 1 fully saturated rings. The second-order valence-corrected chi connectivity index (χ2v) is 4.33. The van der Waals surface area contributed by atoms with Crippen molar-refractivity contribution in [1.29, 1.82) is 0 Å². The molecule has 116 valence electrons. The maximum Gasteiger partial charge on any atom is 0.331 e. The highest BCUT2D eigenvalue weighted by molar-refractivity contribution is 5.07. The molecular formula is C12H16N2O7. The Kier molecular flexibility index (Phi) is 4.78. The number of H-pyrrole nitrogens is 1. The smallest absolute Gasteiger partial charge is 0.331 e. The van der Waals surface area contributed by atoms with Crippen LogP contribution in [0.25, 0.3) is 0 Å². The summed E-state index contributed by atoms with van der Waals surface area (Å²) in [4.78, 5) is 24.9. The minimum atomic E-state index is -1.24. The number of aliphatic hydroxyl groups excluding tert-OH is 2. The van der Waals surface area contributed by atoms with Gasteiger partial charge in [0.05, 0.1) is 13.2 Å². The fourth-order valence-electron chi connectivity index (χ4n) is 1.98. The molecule has 2 heterocycles. The number of aromatic nitrogens is 2. The lowest BCUT2D eigenvalue weighted by Gasteiger charge is -2.21. The molecule has 0 unspecified atom stereocenters. The Balaban J connectivity index is 2.29. The Labute approximate surface area is 119 Å². The average molecular weight is 300 g/mol. The molecule has 0 bridgehead atoms. The molecule has 0 aliphatic carbocycles. The highest BCUT2D eigenvalue weighted by Crippen LogP contribution is 2.32. The highest BCUT2D eigenvalue weighted by Gasteiger charge is 2.43. The van der Waals surface area contributed by atoms with Crippen molar-refractivity contribution in [3.63, 3.8) is 0 Å². The zero-order valence-corrected chi connectivity index (χ0v) is 11.3. The largest absolute Gasteiger partial charge is 0.512 e. The Morgan fingerprint density at radius 2 is 2.24 bits per heavy atom. The summed E-state index contributed by atoms with van der Waals surface area (Å²) in [6, 6.07) is 1.14. The van der Waals surface area contributed by atoms with Crippen LogP contribution in [0, 0.1) is 0 Å². The molecule has 1 aliphatic heterocycles. The molecule has 1 aromatic heterocycles. The molecule has 9 nitrogen and oxygen atoms in total. The summed E-state index contributed by atoms with van der Waals surface area (Å²) in [6.45, 7) is 0.448. The number of nitrogens with one attached hydrogen (secondary N) is 1. The topological polar surface area (TPSA) is 123 Å². The van der Waals surface area contributed by atoms with Gasteiger partial charge in [-0.2, -0.15) is 0 Å². The second-order valence-electron chi connectivity index (χ2n) is 4.33. The second kappa shape index (κ2) is 6.57. The van der Waals surface area contributed by atoms with Crippen molar-refractivity contribution in [1.82, 2.24) is 9.55 Å². The molecule has 0 aromatic carbocycles. The SMILES string of the molecule is COCCO[C@@H]1[C@H](O)C(=CO)O[C@H]1n1ccc(=O)[nH]c1=O. The zero-order valence-electron chi connectivity index (χ0n) is 11.3. The van der Waals surface area contributed by atoms with E-state index < -0.39 is 29.7 Å². The van der Waals surface area contributed by atoms with Crippen molar-refractivity contribution in [2.75, 3.05) is 20.3 Å². The van der Waals surface area contributed by atoms with Gasteiger partial charge >= 0.3 is 5.69 Å². The fourth-order valence-corrected chi connectivity index (χ4v) is 1.98. The summed E-state index contributed by atoms with van der Waals surface area (Å²) in [6.07, 6.45) is -1.35. The van der Waals surface area contributed by atoms with E-state index in [2.05, 4.69) is 4.98 Å². The van der Waals surface area contributed by atoms with Crippen LogP contribution in [0.2, 0.25) is 0 Å². The van der Waals surface area contributed by atoms with E-state index in [0.717, 1.165) is 10.6 Å². The lowest BCUT2D eigenvalue weighted by molar-refractivity contribution is -0.0762. The van der Waals surface area contributed by atoms with E-state index in [4.69, 9.17) is 19.3 Å². The van der Waals surface area contributed by atoms with E-state index in [1.54, 1.807) is 0 Å². The van der Waals surface area contributed by atoms with Gasteiger partial charge in [-0.1, -0.05) is 0 Å². The minimum absolute atomic E-state index is 0.125. The zero-order chi connectivity index (χ0) is 15.4. The Hall–Kier alpha value is -2.10. The number of ether oxygens (including phenoxy) is 3. The van der Waals surface area contributed by atoms with E-state index in [-0.39, 0.29) is 19.0 Å². The van der Waals surface area contributed by atoms with Crippen molar-refractivity contribution in [2.45, 2.75) is 18.4 Å². The highest BCUT2D eigenvalue weighted by atomic mass is 16.6. The van der Waals surface area contributed by atoms with Gasteiger partial charge in [-0.25, -0.2) is 4.79 Å². The molecule has 1 aromatic rings. The maximum absolute atomic E-state index is 11.8. The molecule has 3 atom stereocenters. The van der Waals surface area contributed by atoms with Crippen molar-refractivity contribution < 1.29 is 24.4 Å². The number of nitrogens with zero attached hydrogens (tertiary/aromatic N) is 1. The molecule has 0 saturated carbocycles. The number of aromatic amines is 1. The lowest BCUT2D eigenvalue weighted by atomic mass is 10.2. The van der Waals surface area contributed by atoms with Crippen LogP contribution in [0.3, 0.4) is 0 Å². The fraction of sp³-hybridized carbons (Fsp3) is 0.500. The molecule has 0 spiro atoms. The van der Waals surface area contributed by atoms with Gasteiger partial charge < -0.3 is 24.4 Å². The van der Waals surface area contributed by atoms with Crippen molar-refractivity contribution in [3.05, 3.63) is 45.1 Å². The van der Waals surface area contributed by atoms with Gasteiger partial charge in [0.15, 0.2) is 5.76 Å². The van der Waals surface area contributed by atoms with E-state index >= 15 is 0 Å². The first-order chi connectivity index (χ1) is 10.1. The number of hydrogen-bond acceptors (Lipinski definition) is 7. The quantitative estimate of drug-likeness (QED) is 0.464. The van der Waals surface area contributed by atoms with Gasteiger partial charge in [0.25, 0.3) is 5.56 Å². The molecule has 3 N–H and O–H groups in total. The monoisotopic (exact) mass is 300 g/mol. The molecule has 2 rings (SSSR count). The third kappa shape index (κ3) is 3.15. The van der Waals surface area contributed by atoms with E-state index in [1.807, 2.05) is 0 Å². The number of aliphatic hydroxyl groups is 2. The van der Waals surface area contributed by atoms with Crippen LogP contribution in [0.4, 0.5) is 0 Å². The first kappa shape index (κ1) is 15.3. The standard InChI is InChI=1S/C12H16N2O7/c1-19-4-5-20-10-9(17)7(6-15)21-11(10)14-3-2-8(16)13-12(14)18/h2-3,6,9-11,15,17H,4-5H2,1H3,(H,13,16,18)/t9-,10-,11-/m1/s1. The number of methoxy groups -OCH3 is 1. The molecule has 0 radical (unpaired) electrons. The molecule has 1 saturated heterocycles. The van der Waals surface area contributed by atoms with E-state index in [0.29, 0.717) is 6.26 Å². The Bertz CT molecular complexity index is 621. The van der Waals surface area contributed by atoms with Crippen LogP contribution < -0.4 is 11.2 Å². The van der Waals surface area contributed by atoms with Gasteiger partial charge in [-0.3, -0.25) is 14.3 Å². The molecule has 1 aliphatic rings. The van der Waals surface area contributed by atoms with Crippen molar-refractivity contribution >= 4 is 0 Å². The predicted molar refractivity (Wildman–Crippen MR) is 69.8 cm³/mol. The van der Waals surface area contributed by atoms with Crippen LogP contribution in [-0.4, -0.2) is 52.3 Å². The third-order valence-corrected chi connectivity index (χ3v) is 2.99. The molecule has 0 amide bonds. The predicted octanol–water partition coefficient (Wildman–Crippen LogP) is -1.14. The van der Waals surface area contributed by atoms with E-state index in [9.17, 15) is 14.7 Å². The van der Waals surface area contributed by atoms with Gasteiger partial charge in [0.2, 0.25) is 6.23 Å². The Morgan fingerprint density at radius 3 is 2.86 bits per heavy atom. The van der Waals surface area contributed by atoms with Crippen molar-refractivity contribution in [2.24, 2.45) is 0 Å². The normalized spacial score (nSPS) is 27.0. The maximum atomic E-state index is 11.8. The molecular weight excluding hydrogens is 284 g/mol. The summed E-state index contributed by atoms with van der Waals surface area (Å²) in [5.74, 6) is -0.125. The first-order valence-corrected chi connectivity index (χ1v) is 6.19. The van der Waals surface area contributed by atoms with Gasteiger partial charge in [-0.15, -0.1) is 0 Å². The van der Waals surface area contributed by atoms with Crippen LogP contribution in [0.15, 0.2) is 33.9 Å². The summed E-state index contributed by atoms with van der Waals surface area (Å²) in [5, 5.41) is 19.1. The summed E-state index contributed by atoms with van der Waals surface area (Å²) in [7, 11) is 1.49. The van der Waals surface area contributed by atoms with Gasteiger partial charge in [0, 0.05) is 19.4 Å². The van der Waals surface area contributed by atoms with Gasteiger partial charge in [-0.05, 0) is 0 Å². The number of hydrogen-bond donors (Lipinski definition) is 3. The lowest BCUT2D eigenvalue weighted by Crippen LogP contribution is -2.38. The van der Waals surface area contributed by atoms with Crippen LogP contribution >= 0.6 is 0 Å². The van der Waals surface area contributed by atoms with Crippen molar-refractivity contribution in [3.8, 4) is 0 Å². The van der Waals surface area contributed by atoms with Crippen LogP contribution in [0.1, 0.15) is 6.23 Å². The summed E-state index contributed by atoms with van der Waals surface area (Å²) >= 11 is 0. The average Bonchev–Trinajstić information content (AvgIpc) is 2.76. The summed E-state index contributed by atoms with van der Waals surface area (Å²) in [5.41, 5.74) is -1.26. The summed E-state index contributed by atoms with van der Waals surface area (Å²) < 4.78 is 16.7. The van der Waals surface area contributed by atoms with E-state index in [1.165, 1.54) is 13.3 Å². The molecule has 21 heavy (non-hydrogen) atoms. The first-order valence-electron chi connectivity index (χ1n) is 6.19. The minimum Gasteiger partial charge on any atom is -0.512 e. The Morgan fingerprint density at radius 1 is 1.48 bits per heavy atom. The third-order valence-electron chi connectivity index (χ3n) is 2.99. The molecule has 9 heteroatoms. The van der Waals surface area contributed by atoms with Crippen LogP contribution in [0.5, 0.6) is 0 Å². The van der Waals surface area contributed by atoms with Crippen LogP contribution in [-0.2, 0) is 14.2 Å². The van der Waals surface area contributed by atoms with Gasteiger partial charge in [0.1, 0.15) is 18.5 Å².